The van der Waals surface area contributed by atoms with Crippen LogP contribution in [0.4, 0.5) is 0 Å². The van der Waals surface area contributed by atoms with Crippen molar-refractivity contribution in [2.45, 2.75) is 270 Å². The van der Waals surface area contributed by atoms with E-state index >= 15 is 0 Å². The van der Waals surface area contributed by atoms with Crippen molar-refractivity contribution < 1.29 is 24.5 Å². The van der Waals surface area contributed by atoms with Gasteiger partial charge in [-0.2, -0.15) is 0 Å². The number of nitrogens with one attached hydrogen (secondary N) is 1. The molecule has 0 bridgehead atoms. The average Bonchev–Trinajstić information content (AvgIpc) is 3.30. The van der Waals surface area contributed by atoms with Crippen molar-refractivity contribution >= 4 is 11.9 Å². The Bertz CT molecular complexity index is 1250. The third kappa shape index (κ3) is 47.3. The molecule has 3 atom stereocenters. The second kappa shape index (κ2) is 52.0. The fraction of sp³-hybridized carbons (Fsp3) is 0.729. The van der Waals surface area contributed by atoms with Crippen molar-refractivity contribution in [1.29, 1.82) is 0 Å². The molecular weight excluding hydrogens is 803 g/mol. The molecule has 0 rings (SSSR count). The van der Waals surface area contributed by atoms with Crippen LogP contribution in [0.3, 0.4) is 0 Å². The van der Waals surface area contributed by atoms with Gasteiger partial charge in [-0.3, -0.25) is 9.59 Å². The van der Waals surface area contributed by atoms with Gasteiger partial charge >= 0.3 is 5.97 Å². The van der Waals surface area contributed by atoms with E-state index in [1.54, 1.807) is 0 Å². The zero-order chi connectivity index (χ0) is 47.4. The Morgan fingerprint density at radius 2 is 0.846 bits per heavy atom. The summed E-state index contributed by atoms with van der Waals surface area (Å²) in [5, 5.41) is 23.8. The minimum Gasteiger partial charge on any atom is -0.462 e. The van der Waals surface area contributed by atoms with Crippen LogP contribution in [0.1, 0.15) is 252 Å². The monoisotopic (exact) mass is 906 g/mol. The Labute approximate surface area is 402 Å². The number of hydrogen-bond acceptors (Lipinski definition) is 5. The second-order valence-corrected chi connectivity index (χ2v) is 18.4. The third-order valence-electron chi connectivity index (χ3n) is 12.1. The van der Waals surface area contributed by atoms with Gasteiger partial charge in [0.15, 0.2) is 0 Å². The van der Waals surface area contributed by atoms with Crippen LogP contribution in [-0.4, -0.2) is 46.9 Å². The van der Waals surface area contributed by atoms with Gasteiger partial charge < -0.3 is 20.3 Å². The number of carbonyl (C=O) groups is 2. The molecule has 374 valence electrons. The standard InChI is InChI=1S/C59H103NO5/c1-4-7-10-13-16-19-22-25-27-28-29-31-34-37-40-43-46-49-52-59(64)65-55(50-47-44-41-38-35-32-24-21-18-15-12-9-6-3)53-58(63)60-56(54-61)57(62)51-48-45-42-39-36-33-30-26-23-20-17-14-11-8-5-2/h9,12,15,18,21,24,27-29,31-32,35,38,41,55-57,61-62H,4-8,10-11,13-14,16-17,19-20,22-23,25-26,30,33-34,36-37,39-40,42-54H2,1-3H3,(H,60,63)/b12-9+,18-15+,24-21-,28-27+,31-29+,35-32-,41-38+. The molecular formula is C59H103NO5. The summed E-state index contributed by atoms with van der Waals surface area (Å²) in [7, 11) is 0. The summed E-state index contributed by atoms with van der Waals surface area (Å²) < 4.78 is 5.90. The molecule has 1 amide bonds. The van der Waals surface area contributed by atoms with Gasteiger partial charge in [0.25, 0.3) is 0 Å². The average molecular weight is 906 g/mol. The summed E-state index contributed by atoms with van der Waals surface area (Å²) in [5.41, 5.74) is 0. The second-order valence-electron chi connectivity index (χ2n) is 18.4. The number of aliphatic hydroxyl groups excluding tert-OH is 2. The fourth-order valence-corrected chi connectivity index (χ4v) is 7.98. The van der Waals surface area contributed by atoms with Gasteiger partial charge in [-0.1, -0.05) is 260 Å². The van der Waals surface area contributed by atoms with Crippen LogP contribution in [0, 0.1) is 0 Å². The maximum Gasteiger partial charge on any atom is 0.306 e. The normalized spacial score (nSPS) is 13.9. The van der Waals surface area contributed by atoms with Crippen molar-refractivity contribution in [2.75, 3.05) is 6.61 Å². The van der Waals surface area contributed by atoms with Crippen molar-refractivity contribution in [3.8, 4) is 0 Å². The lowest BCUT2D eigenvalue weighted by Gasteiger charge is -2.24. The molecule has 0 aliphatic carbocycles. The van der Waals surface area contributed by atoms with Crippen molar-refractivity contribution in [3.05, 3.63) is 85.1 Å². The van der Waals surface area contributed by atoms with Crippen molar-refractivity contribution in [2.24, 2.45) is 0 Å². The third-order valence-corrected chi connectivity index (χ3v) is 12.1. The van der Waals surface area contributed by atoms with Crippen LogP contribution in [0.25, 0.3) is 0 Å². The highest BCUT2D eigenvalue weighted by Gasteiger charge is 2.24. The van der Waals surface area contributed by atoms with E-state index in [0.717, 1.165) is 77.0 Å². The number of amides is 1. The summed E-state index contributed by atoms with van der Waals surface area (Å²) in [6, 6.07) is -0.732. The lowest BCUT2D eigenvalue weighted by molar-refractivity contribution is -0.151. The zero-order valence-electron chi connectivity index (χ0n) is 42.6. The van der Waals surface area contributed by atoms with Gasteiger partial charge in [-0.15, -0.1) is 0 Å². The van der Waals surface area contributed by atoms with E-state index in [1.807, 2.05) is 48.6 Å². The summed E-state index contributed by atoms with van der Waals surface area (Å²) >= 11 is 0. The van der Waals surface area contributed by atoms with Crippen molar-refractivity contribution in [3.63, 3.8) is 0 Å². The minimum atomic E-state index is -0.814. The van der Waals surface area contributed by atoms with Gasteiger partial charge in [0.05, 0.1) is 25.2 Å². The smallest absolute Gasteiger partial charge is 0.306 e. The molecule has 6 nitrogen and oxygen atoms in total. The van der Waals surface area contributed by atoms with Gasteiger partial charge in [-0.05, 0) is 64.2 Å². The van der Waals surface area contributed by atoms with Crippen LogP contribution >= 0.6 is 0 Å². The highest BCUT2D eigenvalue weighted by Crippen LogP contribution is 2.17. The Hall–Kier alpha value is -2.96. The van der Waals surface area contributed by atoms with Gasteiger partial charge in [-0.25, -0.2) is 0 Å². The zero-order valence-corrected chi connectivity index (χ0v) is 42.6. The molecule has 0 saturated heterocycles. The van der Waals surface area contributed by atoms with Crippen molar-refractivity contribution in [1.82, 2.24) is 5.32 Å². The molecule has 6 heteroatoms. The number of carbonyl (C=O) groups excluding carboxylic acids is 2. The van der Waals surface area contributed by atoms with E-state index in [2.05, 4.69) is 62.5 Å². The van der Waals surface area contributed by atoms with Crippen LogP contribution in [0.5, 0.6) is 0 Å². The molecule has 0 aromatic rings. The fourth-order valence-electron chi connectivity index (χ4n) is 7.98. The number of hydrogen-bond donors (Lipinski definition) is 3. The lowest BCUT2D eigenvalue weighted by atomic mass is 10.0. The van der Waals surface area contributed by atoms with E-state index in [0.29, 0.717) is 19.3 Å². The Balaban J connectivity index is 4.65. The SMILES string of the molecule is CC/C=C/C=C/C=C\C=C/C=C/CCCC(CC(=O)NC(CO)C(O)CCCCCCCCCCCCCCCCC)OC(=O)CCCCCCC/C=C/C=C/CCCCCCCCC. The molecule has 65 heavy (non-hydrogen) atoms. The van der Waals surface area contributed by atoms with E-state index in [1.165, 1.54) is 128 Å². The molecule has 0 saturated carbocycles. The number of allylic oxidation sites excluding steroid dienone is 14. The molecule has 0 fully saturated rings. The molecule has 0 heterocycles. The van der Waals surface area contributed by atoms with E-state index < -0.39 is 18.2 Å². The topological polar surface area (TPSA) is 95.9 Å². The Morgan fingerprint density at radius 3 is 1.31 bits per heavy atom. The predicted octanol–water partition coefficient (Wildman–Crippen LogP) is 16.7. The lowest BCUT2D eigenvalue weighted by Crippen LogP contribution is -2.46. The Kier molecular flexibility index (Phi) is 49.6. The van der Waals surface area contributed by atoms with Crippen LogP contribution in [0.15, 0.2) is 85.1 Å². The molecule has 0 spiro atoms. The van der Waals surface area contributed by atoms with Gasteiger partial charge in [0.2, 0.25) is 5.91 Å². The quantitative estimate of drug-likeness (QED) is 0.0321. The first-order valence-corrected chi connectivity index (χ1v) is 27.4. The molecule has 0 aromatic heterocycles. The first-order valence-electron chi connectivity index (χ1n) is 27.4. The summed E-state index contributed by atoms with van der Waals surface area (Å²) in [6.45, 7) is 6.32. The molecule has 0 radical (unpaired) electrons. The molecule has 3 unspecified atom stereocenters. The highest BCUT2D eigenvalue weighted by atomic mass is 16.5. The molecule has 0 aliphatic rings. The van der Waals surface area contributed by atoms with Crippen LogP contribution in [-0.2, 0) is 14.3 Å². The summed E-state index contributed by atoms with van der Waals surface area (Å²) in [6.07, 6.45) is 67.9. The number of unbranched alkanes of at least 4 members (excludes halogenated alkanes) is 27. The highest BCUT2D eigenvalue weighted by molar-refractivity contribution is 5.77. The maximum absolute atomic E-state index is 13.2. The first-order chi connectivity index (χ1) is 32.0. The molecule has 3 N–H and O–H groups in total. The van der Waals surface area contributed by atoms with E-state index in [9.17, 15) is 19.8 Å². The van der Waals surface area contributed by atoms with Gasteiger partial charge in [0, 0.05) is 6.42 Å². The van der Waals surface area contributed by atoms with Gasteiger partial charge in [0.1, 0.15) is 6.10 Å². The minimum absolute atomic E-state index is 0.0190. The number of esters is 1. The van der Waals surface area contributed by atoms with Crippen LogP contribution in [0.2, 0.25) is 0 Å². The molecule has 0 aliphatic heterocycles. The molecule has 0 aromatic carbocycles. The maximum atomic E-state index is 13.2. The summed E-state index contributed by atoms with van der Waals surface area (Å²) in [5.74, 6) is -0.565. The summed E-state index contributed by atoms with van der Waals surface area (Å²) in [4.78, 5) is 26.2. The Morgan fingerprint density at radius 1 is 0.462 bits per heavy atom. The van der Waals surface area contributed by atoms with Crippen LogP contribution < -0.4 is 5.32 Å². The number of aliphatic hydroxyl groups is 2. The largest absolute Gasteiger partial charge is 0.462 e. The predicted molar refractivity (Wildman–Crippen MR) is 282 cm³/mol. The van der Waals surface area contributed by atoms with E-state index in [4.69, 9.17) is 4.74 Å². The first kappa shape index (κ1) is 62.0. The van der Waals surface area contributed by atoms with E-state index in [-0.39, 0.29) is 24.9 Å². The number of ether oxygens (including phenoxy) is 1. The number of rotatable bonds is 48.